The van der Waals surface area contributed by atoms with Crippen molar-refractivity contribution in [1.82, 2.24) is 5.32 Å². The van der Waals surface area contributed by atoms with Gasteiger partial charge in [-0.3, -0.25) is 4.79 Å². The number of hydrogen-bond donors (Lipinski definition) is 2. The zero-order valence-corrected chi connectivity index (χ0v) is 15.4. The molecule has 1 aliphatic carbocycles. The van der Waals surface area contributed by atoms with Gasteiger partial charge in [-0.2, -0.15) is 0 Å². The van der Waals surface area contributed by atoms with Gasteiger partial charge in [-0.25, -0.2) is 4.39 Å². The van der Waals surface area contributed by atoms with Gasteiger partial charge in [-0.1, -0.05) is 30.7 Å². The van der Waals surface area contributed by atoms with Crippen LogP contribution in [-0.4, -0.2) is 19.1 Å². The van der Waals surface area contributed by atoms with Crippen molar-refractivity contribution in [3.8, 4) is 11.5 Å². The van der Waals surface area contributed by atoms with E-state index in [1.807, 2.05) is 18.2 Å². The fourth-order valence-corrected chi connectivity index (χ4v) is 3.51. The molecule has 1 amide bonds. The summed E-state index contributed by atoms with van der Waals surface area (Å²) >= 11 is 0. The maximum Gasteiger partial charge on any atom is 0.222 e. The van der Waals surface area contributed by atoms with E-state index < -0.39 is 0 Å². The molecule has 5 nitrogen and oxygen atoms in total. The minimum atomic E-state index is -0.294. The third kappa shape index (κ3) is 4.77. The van der Waals surface area contributed by atoms with Gasteiger partial charge >= 0.3 is 0 Å². The lowest BCUT2D eigenvalue weighted by molar-refractivity contribution is -0.122. The van der Waals surface area contributed by atoms with E-state index >= 15 is 0 Å². The lowest BCUT2D eigenvalue weighted by Gasteiger charge is -2.19. The molecule has 0 heterocycles. The number of methoxy groups -OCH3 is 1. The van der Waals surface area contributed by atoms with Crippen LogP contribution < -0.4 is 20.5 Å². The number of rotatable bonds is 8. The number of primary amides is 1. The van der Waals surface area contributed by atoms with Crippen LogP contribution in [0.3, 0.4) is 0 Å². The maximum atomic E-state index is 13.7. The van der Waals surface area contributed by atoms with Crippen molar-refractivity contribution in [3.05, 3.63) is 59.4 Å². The fraction of sp³-hybridized carbons (Fsp3) is 0.381. The molecule has 3 N–H and O–H groups in total. The predicted octanol–water partition coefficient (Wildman–Crippen LogP) is 3.16. The van der Waals surface area contributed by atoms with Crippen LogP contribution in [0.5, 0.6) is 11.5 Å². The van der Waals surface area contributed by atoms with E-state index in [0.717, 1.165) is 24.8 Å². The Kier molecular flexibility index (Phi) is 6.29. The second kappa shape index (κ2) is 8.86. The molecule has 0 radical (unpaired) electrons. The molecule has 0 saturated heterocycles. The number of carbonyl (C=O) groups excluding carboxylic acids is 1. The van der Waals surface area contributed by atoms with Gasteiger partial charge in [0.25, 0.3) is 0 Å². The topological polar surface area (TPSA) is 73.6 Å². The molecule has 3 rings (SSSR count). The molecule has 6 heteroatoms. The van der Waals surface area contributed by atoms with Crippen molar-refractivity contribution in [3.63, 3.8) is 0 Å². The monoisotopic (exact) mass is 372 g/mol. The summed E-state index contributed by atoms with van der Waals surface area (Å²) in [6, 6.07) is 12.3. The summed E-state index contributed by atoms with van der Waals surface area (Å²) in [4.78, 5) is 11.5. The third-order valence-electron chi connectivity index (χ3n) is 5.02. The molecule has 2 aromatic carbocycles. The quantitative estimate of drug-likeness (QED) is 0.747. The lowest BCUT2D eigenvalue weighted by Crippen LogP contribution is -2.38. The first kappa shape index (κ1) is 19.2. The van der Waals surface area contributed by atoms with Crippen molar-refractivity contribution < 1.29 is 18.7 Å². The van der Waals surface area contributed by atoms with Crippen LogP contribution in [0.15, 0.2) is 42.5 Å². The fourth-order valence-electron chi connectivity index (χ4n) is 3.51. The first-order valence-corrected chi connectivity index (χ1v) is 9.14. The number of carbonyl (C=O) groups is 1. The van der Waals surface area contributed by atoms with Crippen LogP contribution in [-0.2, 0) is 17.9 Å². The molecule has 0 aliphatic heterocycles. The average molecular weight is 372 g/mol. The van der Waals surface area contributed by atoms with Gasteiger partial charge < -0.3 is 20.5 Å². The molecule has 2 aromatic rings. The Hall–Kier alpha value is -2.60. The van der Waals surface area contributed by atoms with Gasteiger partial charge in [0, 0.05) is 18.2 Å². The summed E-state index contributed by atoms with van der Waals surface area (Å²) in [7, 11) is 1.57. The molecule has 144 valence electrons. The van der Waals surface area contributed by atoms with E-state index in [4.69, 9.17) is 15.2 Å². The molecule has 1 fully saturated rings. The second-order valence-corrected chi connectivity index (χ2v) is 6.79. The summed E-state index contributed by atoms with van der Waals surface area (Å²) in [6.07, 6.45) is 2.81. The van der Waals surface area contributed by atoms with Crippen LogP contribution >= 0.6 is 0 Å². The summed E-state index contributed by atoms with van der Waals surface area (Å²) in [5, 5.41) is 3.42. The number of nitrogens with one attached hydrogen (secondary N) is 1. The zero-order chi connectivity index (χ0) is 19.2. The molecule has 0 bridgehead atoms. The highest BCUT2D eigenvalue weighted by atomic mass is 19.1. The average Bonchev–Trinajstić information content (AvgIpc) is 3.15. The molecular weight excluding hydrogens is 347 g/mol. The Bertz CT molecular complexity index is 797. The number of hydrogen-bond acceptors (Lipinski definition) is 4. The molecular formula is C21H25FN2O3. The highest BCUT2D eigenvalue weighted by Gasteiger charge is 2.30. The molecule has 1 saturated carbocycles. The summed E-state index contributed by atoms with van der Waals surface area (Å²) in [6.45, 7) is 0.737. The molecule has 27 heavy (non-hydrogen) atoms. The Labute approximate surface area is 158 Å². The minimum absolute atomic E-state index is 0.102. The van der Waals surface area contributed by atoms with Crippen LogP contribution in [0.2, 0.25) is 0 Å². The number of benzene rings is 2. The summed E-state index contributed by atoms with van der Waals surface area (Å²) in [5.74, 6) is 0.511. The van der Waals surface area contributed by atoms with Gasteiger partial charge in [-0.05, 0) is 36.6 Å². The standard InChI is InChI=1S/C21H25FN2O3/c1-26-20-11-14(12-24-18-8-4-6-16(18)21(23)25)9-10-19(20)27-13-15-5-2-3-7-17(15)22/h2-3,5,7,9-11,16,18,24H,4,6,8,12-13H2,1H3,(H2,23,25). The van der Waals surface area contributed by atoms with Crippen molar-refractivity contribution in [1.29, 1.82) is 0 Å². The number of nitrogens with two attached hydrogens (primary N) is 1. The van der Waals surface area contributed by atoms with Gasteiger partial charge in [-0.15, -0.1) is 0 Å². The van der Waals surface area contributed by atoms with Crippen molar-refractivity contribution in [2.75, 3.05) is 7.11 Å². The van der Waals surface area contributed by atoms with E-state index in [1.54, 1.807) is 25.3 Å². The van der Waals surface area contributed by atoms with E-state index in [9.17, 15) is 9.18 Å². The first-order chi connectivity index (χ1) is 13.1. The largest absolute Gasteiger partial charge is 0.493 e. The predicted molar refractivity (Wildman–Crippen MR) is 101 cm³/mol. The van der Waals surface area contributed by atoms with Crippen LogP contribution in [0, 0.1) is 11.7 Å². The van der Waals surface area contributed by atoms with Gasteiger partial charge in [0.1, 0.15) is 12.4 Å². The van der Waals surface area contributed by atoms with E-state index in [1.165, 1.54) is 6.07 Å². The van der Waals surface area contributed by atoms with Crippen molar-refractivity contribution in [2.45, 2.75) is 38.5 Å². The first-order valence-electron chi connectivity index (χ1n) is 9.14. The van der Waals surface area contributed by atoms with E-state index in [0.29, 0.717) is 23.6 Å². The summed E-state index contributed by atoms with van der Waals surface area (Å²) in [5.41, 5.74) is 6.98. The van der Waals surface area contributed by atoms with Gasteiger partial charge in [0.2, 0.25) is 5.91 Å². The van der Waals surface area contributed by atoms with Crippen LogP contribution in [0.1, 0.15) is 30.4 Å². The normalized spacial score (nSPS) is 19.0. The Morgan fingerprint density at radius 2 is 2.04 bits per heavy atom. The number of halogens is 1. The maximum absolute atomic E-state index is 13.7. The van der Waals surface area contributed by atoms with Gasteiger partial charge in [0.15, 0.2) is 11.5 Å². The molecule has 0 spiro atoms. The highest BCUT2D eigenvalue weighted by Crippen LogP contribution is 2.30. The Morgan fingerprint density at radius 3 is 2.78 bits per heavy atom. The SMILES string of the molecule is COc1cc(CNC2CCCC2C(N)=O)ccc1OCc1ccccc1F. The molecule has 1 aliphatic rings. The number of ether oxygens (including phenoxy) is 2. The van der Waals surface area contributed by atoms with E-state index in [2.05, 4.69) is 5.32 Å². The van der Waals surface area contributed by atoms with Gasteiger partial charge in [0.05, 0.1) is 13.0 Å². The minimum Gasteiger partial charge on any atom is -0.493 e. The number of amides is 1. The molecule has 0 aromatic heterocycles. The van der Waals surface area contributed by atoms with Crippen LogP contribution in [0.25, 0.3) is 0 Å². The smallest absolute Gasteiger partial charge is 0.222 e. The molecule has 2 unspecified atom stereocenters. The van der Waals surface area contributed by atoms with Crippen molar-refractivity contribution >= 4 is 5.91 Å². The molecule has 2 atom stereocenters. The van der Waals surface area contributed by atoms with Crippen molar-refractivity contribution in [2.24, 2.45) is 11.7 Å². The third-order valence-corrected chi connectivity index (χ3v) is 5.02. The second-order valence-electron chi connectivity index (χ2n) is 6.79. The highest BCUT2D eigenvalue weighted by molar-refractivity contribution is 5.77. The lowest BCUT2D eigenvalue weighted by atomic mass is 10.0. The summed E-state index contributed by atoms with van der Waals surface area (Å²) < 4.78 is 24.9. The zero-order valence-electron chi connectivity index (χ0n) is 15.4. The van der Waals surface area contributed by atoms with Crippen LogP contribution in [0.4, 0.5) is 4.39 Å². The van der Waals surface area contributed by atoms with E-state index in [-0.39, 0.29) is 30.3 Å². The Balaban J connectivity index is 1.62. The Morgan fingerprint density at radius 1 is 1.22 bits per heavy atom.